The van der Waals surface area contributed by atoms with E-state index in [1.165, 1.54) is 43.1 Å². The van der Waals surface area contributed by atoms with Crippen molar-refractivity contribution in [1.82, 2.24) is 9.21 Å². The summed E-state index contributed by atoms with van der Waals surface area (Å²) in [5.41, 5.74) is 3.69. The second kappa shape index (κ2) is 9.06. The molecule has 0 aromatic heterocycles. The summed E-state index contributed by atoms with van der Waals surface area (Å²) >= 11 is 0. The molecule has 1 saturated heterocycles. The van der Waals surface area contributed by atoms with E-state index in [1.54, 1.807) is 17.0 Å². The molecule has 3 rings (SSSR count). The maximum Gasteiger partial charge on any atom is 0.243 e. The Bertz CT molecular complexity index is 998. The third-order valence-corrected chi connectivity index (χ3v) is 7.49. The lowest BCUT2D eigenvalue weighted by Crippen LogP contribution is -2.51. The van der Waals surface area contributed by atoms with E-state index in [1.807, 2.05) is 6.07 Å². The summed E-state index contributed by atoms with van der Waals surface area (Å²) in [7, 11) is -0.785. The fourth-order valence-corrected chi connectivity index (χ4v) is 4.70. The van der Waals surface area contributed by atoms with Crippen molar-refractivity contribution in [1.29, 1.82) is 0 Å². The van der Waals surface area contributed by atoms with Crippen LogP contribution in [0.25, 0.3) is 0 Å². The molecule has 30 heavy (non-hydrogen) atoms. The molecule has 0 N–H and O–H groups in total. The lowest BCUT2D eigenvalue weighted by Gasteiger charge is -2.37. The Morgan fingerprint density at radius 3 is 2.27 bits per heavy atom. The zero-order valence-electron chi connectivity index (χ0n) is 18.0. The Morgan fingerprint density at radius 1 is 1.03 bits per heavy atom. The zero-order chi connectivity index (χ0) is 21.9. The first-order valence-electron chi connectivity index (χ1n) is 9.93. The molecular formula is C22H29N3O4S. The number of nitrogens with zero attached hydrogens (tertiary/aromatic N) is 3. The van der Waals surface area contributed by atoms with Crippen molar-refractivity contribution in [3.63, 3.8) is 0 Å². The molecule has 1 fully saturated rings. The number of rotatable bonds is 6. The highest BCUT2D eigenvalue weighted by molar-refractivity contribution is 7.89. The van der Waals surface area contributed by atoms with Gasteiger partial charge in [0, 0.05) is 38.9 Å². The van der Waals surface area contributed by atoms with Gasteiger partial charge in [0.1, 0.15) is 5.75 Å². The summed E-state index contributed by atoms with van der Waals surface area (Å²) in [4.78, 5) is 16.9. The minimum absolute atomic E-state index is 0.137. The molecule has 0 spiro atoms. The van der Waals surface area contributed by atoms with E-state index in [9.17, 15) is 13.2 Å². The van der Waals surface area contributed by atoms with Crippen LogP contribution in [0.3, 0.4) is 0 Å². The van der Waals surface area contributed by atoms with Crippen LogP contribution in [0.2, 0.25) is 0 Å². The number of benzene rings is 2. The van der Waals surface area contributed by atoms with Gasteiger partial charge in [0.05, 0.1) is 18.6 Å². The Hall–Kier alpha value is -2.58. The predicted octanol–water partition coefficient (Wildman–Crippen LogP) is 2.28. The van der Waals surface area contributed by atoms with Gasteiger partial charge in [-0.25, -0.2) is 8.42 Å². The summed E-state index contributed by atoms with van der Waals surface area (Å²) in [6, 6.07) is 12.4. The molecule has 0 saturated carbocycles. The third-order valence-electron chi connectivity index (χ3n) is 5.67. The number of likely N-dealkylation sites (N-methyl/N-ethyl adjacent to an activating group) is 1. The molecule has 1 heterocycles. The van der Waals surface area contributed by atoms with Gasteiger partial charge in [-0.3, -0.25) is 4.79 Å². The summed E-state index contributed by atoms with van der Waals surface area (Å²) in [6.07, 6.45) is 0. The Morgan fingerprint density at radius 2 is 1.67 bits per heavy atom. The first-order chi connectivity index (χ1) is 14.2. The maximum absolute atomic E-state index is 12.8. The van der Waals surface area contributed by atoms with Crippen LogP contribution < -0.4 is 9.64 Å². The molecule has 1 aliphatic heterocycles. The van der Waals surface area contributed by atoms with E-state index in [-0.39, 0.29) is 17.3 Å². The number of amides is 1. The molecule has 0 aliphatic carbocycles. The largest absolute Gasteiger partial charge is 0.497 e. The molecular weight excluding hydrogens is 402 g/mol. The second-order valence-corrected chi connectivity index (χ2v) is 9.57. The summed E-state index contributed by atoms with van der Waals surface area (Å²) in [6.45, 7) is 6.62. The predicted molar refractivity (Wildman–Crippen MR) is 118 cm³/mol. The van der Waals surface area contributed by atoms with Crippen LogP contribution in [-0.2, 0) is 14.8 Å². The van der Waals surface area contributed by atoms with Crippen LogP contribution in [0, 0.1) is 13.8 Å². The Kier molecular flexibility index (Phi) is 6.67. The van der Waals surface area contributed by atoms with E-state index < -0.39 is 10.0 Å². The summed E-state index contributed by atoms with van der Waals surface area (Å²) in [5, 5.41) is 0. The van der Waals surface area contributed by atoms with Gasteiger partial charge in [0.15, 0.2) is 0 Å². The average Bonchev–Trinajstić information content (AvgIpc) is 2.75. The van der Waals surface area contributed by atoms with E-state index in [0.717, 1.165) is 17.4 Å². The molecule has 0 unspecified atom stereocenters. The maximum atomic E-state index is 12.8. The summed E-state index contributed by atoms with van der Waals surface area (Å²) < 4.78 is 31.7. The molecule has 0 atom stereocenters. The van der Waals surface area contributed by atoms with Crippen LogP contribution >= 0.6 is 0 Å². The molecule has 1 aliphatic rings. The van der Waals surface area contributed by atoms with Gasteiger partial charge >= 0.3 is 0 Å². The number of carbonyl (C=O) groups excluding carboxylic acids is 1. The smallest absolute Gasteiger partial charge is 0.243 e. The molecule has 2 aromatic rings. The monoisotopic (exact) mass is 431 g/mol. The fourth-order valence-electron chi connectivity index (χ4n) is 3.58. The average molecular weight is 432 g/mol. The molecule has 0 radical (unpaired) electrons. The lowest BCUT2D eigenvalue weighted by molar-refractivity contribution is -0.131. The molecule has 2 aromatic carbocycles. The standard InChI is InChI=1S/C22H29N3O4S/c1-17-6-5-7-21(18(17)2)24-12-14-25(15-13-24)22(26)16-23(3)30(27,28)20-10-8-19(29-4)9-11-20/h5-11H,12-16H2,1-4H3. The Labute approximate surface area is 178 Å². The Balaban J connectivity index is 1.60. The minimum Gasteiger partial charge on any atom is -0.497 e. The number of anilines is 1. The van der Waals surface area contributed by atoms with Crippen molar-refractivity contribution >= 4 is 21.6 Å². The van der Waals surface area contributed by atoms with Gasteiger partial charge in [0.25, 0.3) is 0 Å². The second-order valence-electron chi connectivity index (χ2n) is 7.52. The van der Waals surface area contributed by atoms with E-state index in [0.29, 0.717) is 18.8 Å². The number of sulfonamides is 1. The van der Waals surface area contributed by atoms with Gasteiger partial charge in [-0.1, -0.05) is 12.1 Å². The van der Waals surface area contributed by atoms with Crippen molar-refractivity contribution in [2.45, 2.75) is 18.7 Å². The number of piperazine rings is 1. The van der Waals surface area contributed by atoms with Gasteiger partial charge in [-0.05, 0) is 55.3 Å². The number of hydrogen-bond donors (Lipinski definition) is 0. The highest BCUT2D eigenvalue weighted by Crippen LogP contribution is 2.24. The molecule has 0 bridgehead atoms. The molecule has 1 amide bonds. The van der Waals surface area contributed by atoms with E-state index in [4.69, 9.17) is 4.74 Å². The normalized spacial score (nSPS) is 14.8. The SMILES string of the molecule is COc1ccc(S(=O)(=O)N(C)CC(=O)N2CCN(c3cccc(C)c3C)CC2)cc1. The van der Waals surface area contributed by atoms with Crippen molar-refractivity contribution < 1.29 is 17.9 Å². The van der Waals surface area contributed by atoms with Crippen LogP contribution in [0.1, 0.15) is 11.1 Å². The third kappa shape index (κ3) is 4.60. The molecule has 162 valence electrons. The van der Waals surface area contributed by atoms with Gasteiger partial charge < -0.3 is 14.5 Å². The number of hydrogen-bond acceptors (Lipinski definition) is 5. The van der Waals surface area contributed by atoms with Crippen molar-refractivity contribution in [3.8, 4) is 5.75 Å². The van der Waals surface area contributed by atoms with E-state index in [2.05, 4.69) is 30.9 Å². The van der Waals surface area contributed by atoms with Gasteiger partial charge in [-0.15, -0.1) is 0 Å². The van der Waals surface area contributed by atoms with Crippen LogP contribution in [-0.4, -0.2) is 70.4 Å². The highest BCUT2D eigenvalue weighted by atomic mass is 32.2. The number of aryl methyl sites for hydroxylation is 1. The van der Waals surface area contributed by atoms with Gasteiger partial charge in [0.2, 0.25) is 15.9 Å². The van der Waals surface area contributed by atoms with Crippen molar-refractivity contribution in [3.05, 3.63) is 53.6 Å². The number of carbonyl (C=O) groups is 1. The number of ether oxygens (including phenoxy) is 1. The van der Waals surface area contributed by atoms with Gasteiger partial charge in [-0.2, -0.15) is 4.31 Å². The highest BCUT2D eigenvalue weighted by Gasteiger charge is 2.27. The zero-order valence-corrected chi connectivity index (χ0v) is 18.8. The first kappa shape index (κ1) is 22.1. The minimum atomic E-state index is -3.74. The van der Waals surface area contributed by atoms with Crippen molar-refractivity contribution in [2.75, 3.05) is 51.8 Å². The lowest BCUT2D eigenvalue weighted by atomic mass is 10.1. The topological polar surface area (TPSA) is 70.2 Å². The van der Waals surface area contributed by atoms with Crippen LogP contribution in [0.15, 0.2) is 47.4 Å². The van der Waals surface area contributed by atoms with Crippen LogP contribution in [0.5, 0.6) is 5.75 Å². The fraction of sp³-hybridized carbons (Fsp3) is 0.409. The van der Waals surface area contributed by atoms with Crippen molar-refractivity contribution in [2.24, 2.45) is 0 Å². The molecule has 8 heteroatoms. The number of methoxy groups -OCH3 is 1. The van der Waals surface area contributed by atoms with Crippen LogP contribution in [0.4, 0.5) is 5.69 Å². The summed E-state index contributed by atoms with van der Waals surface area (Å²) in [5.74, 6) is 0.393. The quantitative estimate of drug-likeness (QED) is 0.702. The first-order valence-corrected chi connectivity index (χ1v) is 11.4. The molecule has 7 nitrogen and oxygen atoms in total. The van der Waals surface area contributed by atoms with E-state index >= 15 is 0 Å².